The number of rotatable bonds is 31. The van der Waals surface area contributed by atoms with Crippen molar-refractivity contribution in [1.29, 1.82) is 0 Å². The average Bonchev–Trinajstić information content (AvgIpc) is 3.16. The Morgan fingerprint density at radius 1 is 0.410 bits per heavy atom. The molecule has 0 saturated heterocycles. The van der Waals surface area contributed by atoms with Crippen LogP contribution in [0.25, 0.3) is 0 Å². The summed E-state index contributed by atoms with van der Waals surface area (Å²) in [5.74, 6) is -6.23. The van der Waals surface area contributed by atoms with E-state index in [4.69, 9.17) is 63.1 Å². The Labute approximate surface area is 353 Å². The molecule has 0 radical (unpaired) electrons. The molecule has 346 valence electrons. The van der Waals surface area contributed by atoms with Gasteiger partial charge in [-0.1, -0.05) is 0 Å². The van der Waals surface area contributed by atoms with E-state index < -0.39 is 71.8 Å². The van der Waals surface area contributed by atoms with E-state index in [1.54, 1.807) is 0 Å². The molecule has 0 saturated carbocycles. The number of nitrogens with two attached hydrogens (primary N) is 11. The average molecular weight is 870 g/mol. The molecular formula is C33H67N21O7. The largest absolute Gasteiger partial charge is 0.480 e. The van der Waals surface area contributed by atoms with E-state index in [0.29, 0.717) is 6.42 Å². The fourth-order valence-electron chi connectivity index (χ4n) is 5.21. The minimum absolute atomic E-state index is 0.0143. The number of hydrogen-bond donors (Lipinski definition) is 17. The maximum Gasteiger partial charge on any atom is 0.325 e. The molecule has 0 unspecified atom stereocenters. The molecule has 0 aromatic carbocycles. The Balaban J connectivity index is 6.62. The van der Waals surface area contributed by atoms with Crippen LogP contribution in [0.1, 0.15) is 71.1 Å². The van der Waals surface area contributed by atoms with Crippen LogP contribution in [0.15, 0.2) is 25.0 Å². The van der Waals surface area contributed by atoms with E-state index in [0.717, 1.165) is 0 Å². The van der Waals surface area contributed by atoms with Gasteiger partial charge >= 0.3 is 5.97 Å². The molecule has 61 heavy (non-hydrogen) atoms. The van der Waals surface area contributed by atoms with Gasteiger partial charge in [0, 0.05) is 32.7 Å². The number of amides is 5. The molecule has 28 nitrogen and oxygen atoms in total. The molecule has 6 atom stereocenters. The number of nitrogens with zero attached hydrogens (tertiary/aromatic N) is 5. The van der Waals surface area contributed by atoms with Gasteiger partial charge in [-0.25, -0.2) is 0 Å². The van der Waals surface area contributed by atoms with Crippen LogP contribution in [0, 0.1) is 0 Å². The maximum atomic E-state index is 14.0. The second kappa shape index (κ2) is 30.2. The first-order valence-corrected chi connectivity index (χ1v) is 19.4. The summed E-state index contributed by atoms with van der Waals surface area (Å²) in [4.78, 5) is 99.0. The minimum Gasteiger partial charge on any atom is -0.480 e. The Bertz CT molecular complexity index is 1570. The van der Waals surface area contributed by atoms with E-state index in [9.17, 15) is 33.9 Å². The maximum absolute atomic E-state index is 14.0. The van der Waals surface area contributed by atoms with Gasteiger partial charge in [-0.05, 0) is 71.1 Å². The quantitative estimate of drug-likeness (QED) is 0.0175. The second-order valence-corrected chi connectivity index (χ2v) is 13.7. The van der Waals surface area contributed by atoms with Crippen molar-refractivity contribution in [3.63, 3.8) is 0 Å². The Morgan fingerprint density at radius 2 is 0.639 bits per heavy atom. The molecular weight excluding hydrogens is 803 g/mol. The number of hydrogen-bond acceptors (Lipinski definition) is 12. The fraction of sp³-hybridized carbons (Fsp3) is 0.667. The van der Waals surface area contributed by atoms with Crippen LogP contribution in [-0.2, 0) is 28.8 Å². The van der Waals surface area contributed by atoms with E-state index >= 15 is 0 Å². The summed E-state index contributed by atoms with van der Waals surface area (Å²) in [6.45, 7) is 1.75. The lowest BCUT2D eigenvalue weighted by atomic mass is 10.0. The molecule has 0 aromatic rings. The highest BCUT2D eigenvalue weighted by Gasteiger charge is 2.32. The third-order valence-electron chi connectivity index (χ3n) is 8.35. The predicted octanol–water partition coefficient (Wildman–Crippen LogP) is -7.89. The number of carbonyl (C=O) groups is 6. The number of aliphatic imine (C=N–C) groups is 5. The summed E-state index contributed by atoms with van der Waals surface area (Å²) in [7, 11) is 0. The molecule has 28 heteroatoms. The standard InChI is InChI=1S/C33H67N21O7/c1-17(28(60)61)50-24(56)19(8-3-13-46-30(37)38)52-26(58)21(10-5-15-48-32(41)42)54-27(59)22(11-6-16-49-33(43)44)53-25(57)20(9-4-14-47-31(39)40)51-23(55)18(34)7-2-12-45-29(35)36/h17-22H,2-16,34H2,1H3,(H,50,56)(H,51,55)(H,52,58)(H,53,57)(H,54,59)(H,60,61)(H4,35,36,45)(H4,37,38,46)(H4,39,40,47)(H4,41,42,48)(H4,43,44,49)/t17-,18+,19+,20-,21-,22+/m1/s1. The van der Waals surface area contributed by atoms with Crippen molar-refractivity contribution in [2.75, 3.05) is 32.7 Å². The number of guanidine groups is 5. The van der Waals surface area contributed by atoms with Crippen molar-refractivity contribution >= 4 is 65.3 Å². The van der Waals surface area contributed by atoms with E-state index in [1.807, 2.05) is 0 Å². The van der Waals surface area contributed by atoms with Crippen molar-refractivity contribution in [3.05, 3.63) is 0 Å². The van der Waals surface area contributed by atoms with Gasteiger partial charge in [0.15, 0.2) is 29.8 Å². The third kappa shape index (κ3) is 26.7. The summed E-state index contributed by atoms with van der Waals surface area (Å²) >= 11 is 0. The highest BCUT2D eigenvalue weighted by Crippen LogP contribution is 2.09. The molecule has 0 heterocycles. The van der Waals surface area contributed by atoms with Gasteiger partial charge in [0.2, 0.25) is 29.5 Å². The van der Waals surface area contributed by atoms with Crippen LogP contribution < -0.4 is 89.7 Å². The summed E-state index contributed by atoms with van der Waals surface area (Å²) in [5.41, 5.74) is 60.2. The Hall–Kier alpha value is -6.87. The lowest BCUT2D eigenvalue weighted by Crippen LogP contribution is -2.59. The molecule has 0 fully saturated rings. The van der Waals surface area contributed by atoms with Gasteiger partial charge in [0.05, 0.1) is 6.04 Å². The molecule has 0 aliphatic heterocycles. The first-order valence-electron chi connectivity index (χ1n) is 19.4. The SMILES string of the molecule is C[C@@H](NC(=O)[C@H](CCCN=C(N)N)NC(=O)[C@@H](CCCN=C(N)N)NC(=O)[C@H](CCCN=C(N)N)NC(=O)[C@@H](CCCN=C(N)N)NC(=O)[C@@H](N)CCCN=C(N)N)C(=O)O. The fourth-order valence-corrected chi connectivity index (χ4v) is 5.21. The van der Waals surface area contributed by atoms with Gasteiger partial charge in [0.1, 0.15) is 30.2 Å². The van der Waals surface area contributed by atoms with Gasteiger partial charge in [-0.2, -0.15) is 0 Å². The van der Waals surface area contributed by atoms with Crippen molar-refractivity contribution in [2.45, 2.75) is 107 Å². The first kappa shape index (κ1) is 54.1. The molecule has 0 spiro atoms. The summed E-state index contributed by atoms with van der Waals surface area (Å²) in [6.07, 6.45) is 1.12. The molecule has 0 aliphatic rings. The van der Waals surface area contributed by atoms with Gasteiger partial charge in [0.25, 0.3) is 0 Å². The topological polar surface area (TPSA) is 531 Å². The summed E-state index contributed by atoms with van der Waals surface area (Å²) in [5, 5.41) is 22.1. The molecule has 0 aliphatic carbocycles. The zero-order chi connectivity index (χ0) is 46.5. The van der Waals surface area contributed by atoms with Crippen LogP contribution in [0.4, 0.5) is 0 Å². The molecule has 0 aromatic heterocycles. The van der Waals surface area contributed by atoms with Crippen molar-refractivity contribution in [2.24, 2.45) is 88.0 Å². The normalized spacial score (nSPS) is 13.5. The second-order valence-electron chi connectivity index (χ2n) is 13.7. The van der Waals surface area contributed by atoms with Crippen LogP contribution in [0.5, 0.6) is 0 Å². The third-order valence-corrected chi connectivity index (χ3v) is 8.35. The smallest absolute Gasteiger partial charge is 0.325 e. The molecule has 28 N–H and O–H groups in total. The minimum atomic E-state index is -1.35. The lowest BCUT2D eigenvalue weighted by molar-refractivity contribution is -0.141. The lowest BCUT2D eigenvalue weighted by Gasteiger charge is -2.27. The number of aliphatic carboxylic acids is 1. The highest BCUT2D eigenvalue weighted by atomic mass is 16.4. The van der Waals surface area contributed by atoms with E-state index in [-0.39, 0.29) is 120 Å². The van der Waals surface area contributed by atoms with Gasteiger partial charge in [-0.3, -0.25) is 53.7 Å². The van der Waals surface area contributed by atoms with E-state index in [2.05, 4.69) is 51.5 Å². The van der Waals surface area contributed by atoms with Crippen molar-refractivity contribution < 1.29 is 33.9 Å². The summed E-state index contributed by atoms with van der Waals surface area (Å²) in [6, 6.07) is -7.58. The van der Waals surface area contributed by atoms with Crippen LogP contribution >= 0.6 is 0 Å². The summed E-state index contributed by atoms with van der Waals surface area (Å²) < 4.78 is 0. The number of carbonyl (C=O) groups excluding carboxylic acids is 5. The zero-order valence-electron chi connectivity index (χ0n) is 34.6. The Kier molecular flexibility index (Phi) is 26.8. The van der Waals surface area contributed by atoms with Crippen molar-refractivity contribution in [1.82, 2.24) is 26.6 Å². The van der Waals surface area contributed by atoms with Gasteiger partial charge < -0.3 is 94.8 Å². The first-order chi connectivity index (χ1) is 28.6. The number of carboxylic acids is 1. The van der Waals surface area contributed by atoms with Crippen LogP contribution in [0.3, 0.4) is 0 Å². The zero-order valence-corrected chi connectivity index (χ0v) is 34.6. The Morgan fingerprint density at radius 3 is 0.885 bits per heavy atom. The highest BCUT2D eigenvalue weighted by molar-refractivity contribution is 5.96. The predicted molar refractivity (Wildman–Crippen MR) is 230 cm³/mol. The molecule has 0 rings (SSSR count). The van der Waals surface area contributed by atoms with Crippen LogP contribution in [-0.4, -0.2) is 139 Å². The molecule has 0 bridgehead atoms. The van der Waals surface area contributed by atoms with Crippen molar-refractivity contribution in [3.8, 4) is 0 Å². The number of carboxylic acid groups (broad SMARTS) is 1. The van der Waals surface area contributed by atoms with E-state index in [1.165, 1.54) is 6.92 Å². The monoisotopic (exact) mass is 870 g/mol. The van der Waals surface area contributed by atoms with Gasteiger partial charge in [-0.15, -0.1) is 0 Å². The van der Waals surface area contributed by atoms with Crippen LogP contribution in [0.2, 0.25) is 0 Å². The molecule has 5 amide bonds. The number of nitrogens with one attached hydrogen (secondary N) is 5.